The molecule has 0 unspecified atom stereocenters. The van der Waals surface area contributed by atoms with E-state index in [0.717, 1.165) is 0 Å². The number of carboxylic acid groups (broad SMARTS) is 1. The fourth-order valence-electron chi connectivity index (χ4n) is 2.54. The second kappa shape index (κ2) is 9.77. The van der Waals surface area contributed by atoms with Crippen molar-refractivity contribution in [1.29, 1.82) is 0 Å². The number of carbonyl (C=O) groups is 3. The lowest BCUT2D eigenvalue weighted by Gasteiger charge is -2.11. The summed E-state index contributed by atoms with van der Waals surface area (Å²) < 4.78 is 10.7. The summed E-state index contributed by atoms with van der Waals surface area (Å²) in [5.74, 6) is -1.62. The molecule has 0 aliphatic heterocycles. The molecule has 2 aromatic carbocycles. The molecule has 31 heavy (non-hydrogen) atoms. The van der Waals surface area contributed by atoms with Crippen LogP contribution in [0.15, 0.2) is 75.4 Å². The predicted molar refractivity (Wildman–Crippen MR) is 117 cm³/mol. The van der Waals surface area contributed by atoms with Crippen LogP contribution in [0.5, 0.6) is 5.75 Å². The molecule has 2 amide bonds. The van der Waals surface area contributed by atoms with Gasteiger partial charge in [-0.05, 0) is 76.1 Å². The van der Waals surface area contributed by atoms with E-state index in [0.29, 0.717) is 21.7 Å². The molecule has 0 fully saturated rings. The zero-order valence-electron chi connectivity index (χ0n) is 16.2. The molecule has 1 aromatic heterocycles. The van der Waals surface area contributed by atoms with E-state index in [1.807, 2.05) is 0 Å². The molecule has 0 bridgehead atoms. The number of furan rings is 1. The number of carboxylic acids is 1. The van der Waals surface area contributed by atoms with E-state index < -0.39 is 17.8 Å². The van der Waals surface area contributed by atoms with Crippen LogP contribution in [0.25, 0.3) is 6.08 Å². The Morgan fingerprint density at radius 1 is 1.00 bits per heavy atom. The third-order valence-corrected chi connectivity index (χ3v) is 4.53. The van der Waals surface area contributed by atoms with Gasteiger partial charge < -0.3 is 24.9 Å². The first-order valence-electron chi connectivity index (χ1n) is 8.93. The molecule has 158 valence electrons. The summed E-state index contributed by atoms with van der Waals surface area (Å²) in [6.07, 6.45) is 1.50. The molecular formula is C22H17BrN2O6. The summed E-state index contributed by atoms with van der Waals surface area (Å²) in [4.78, 5) is 36.3. The molecule has 0 saturated carbocycles. The van der Waals surface area contributed by atoms with Crippen molar-refractivity contribution in [3.63, 3.8) is 0 Å². The first-order valence-corrected chi connectivity index (χ1v) is 9.72. The van der Waals surface area contributed by atoms with Crippen LogP contribution in [0.3, 0.4) is 0 Å². The number of benzene rings is 2. The Morgan fingerprint density at radius 3 is 2.23 bits per heavy atom. The highest BCUT2D eigenvalue weighted by atomic mass is 79.9. The molecule has 8 nitrogen and oxygen atoms in total. The van der Waals surface area contributed by atoms with Crippen LogP contribution < -0.4 is 15.4 Å². The molecule has 3 N–H and O–H groups in total. The number of carbonyl (C=O) groups excluding carboxylic acids is 2. The largest absolute Gasteiger partial charge is 0.497 e. The fourth-order valence-corrected chi connectivity index (χ4v) is 2.85. The van der Waals surface area contributed by atoms with Crippen molar-refractivity contribution in [2.45, 2.75) is 0 Å². The van der Waals surface area contributed by atoms with E-state index in [1.54, 1.807) is 37.4 Å². The normalized spacial score (nSPS) is 11.0. The van der Waals surface area contributed by atoms with Crippen LogP contribution in [-0.4, -0.2) is 30.0 Å². The van der Waals surface area contributed by atoms with Gasteiger partial charge in [-0.15, -0.1) is 0 Å². The van der Waals surface area contributed by atoms with Crippen LogP contribution in [0.1, 0.15) is 26.5 Å². The SMILES string of the molecule is COc1ccc(/C=C(/NC(=O)c2ccc(Br)o2)C(=O)Nc2ccc(C(=O)O)cc2)cc1. The molecule has 3 rings (SSSR count). The average molecular weight is 485 g/mol. The van der Waals surface area contributed by atoms with E-state index in [9.17, 15) is 14.4 Å². The number of methoxy groups -OCH3 is 1. The van der Waals surface area contributed by atoms with Crippen LogP contribution in [0, 0.1) is 0 Å². The lowest BCUT2D eigenvalue weighted by atomic mass is 10.1. The lowest BCUT2D eigenvalue weighted by Crippen LogP contribution is -2.30. The Labute approximate surface area is 185 Å². The molecule has 0 atom stereocenters. The highest BCUT2D eigenvalue weighted by Gasteiger charge is 2.17. The zero-order chi connectivity index (χ0) is 22.4. The van der Waals surface area contributed by atoms with Crippen molar-refractivity contribution in [3.8, 4) is 5.75 Å². The number of aromatic carboxylic acids is 1. The van der Waals surface area contributed by atoms with Gasteiger partial charge in [-0.1, -0.05) is 12.1 Å². The molecule has 9 heteroatoms. The Morgan fingerprint density at radius 2 is 1.68 bits per heavy atom. The Kier molecular flexibility index (Phi) is 6.88. The summed E-state index contributed by atoms with van der Waals surface area (Å²) in [5.41, 5.74) is 1.06. The Bertz CT molecular complexity index is 1130. The number of rotatable bonds is 7. The van der Waals surface area contributed by atoms with Gasteiger partial charge >= 0.3 is 5.97 Å². The van der Waals surface area contributed by atoms with Crippen molar-refractivity contribution in [2.24, 2.45) is 0 Å². The number of nitrogens with one attached hydrogen (secondary N) is 2. The topological polar surface area (TPSA) is 118 Å². The highest BCUT2D eigenvalue weighted by Crippen LogP contribution is 2.17. The molecule has 0 aliphatic rings. The smallest absolute Gasteiger partial charge is 0.335 e. The average Bonchev–Trinajstić information content (AvgIpc) is 3.20. The van der Waals surface area contributed by atoms with E-state index in [-0.39, 0.29) is 17.0 Å². The zero-order valence-corrected chi connectivity index (χ0v) is 17.8. The summed E-state index contributed by atoms with van der Waals surface area (Å²) >= 11 is 3.13. The van der Waals surface area contributed by atoms with Gasteiger partial charge in [-0.3, -0.25) is 9.59 Å². The summed E-state index contributed by atoms with van der Waals surface area (Å²) in [7, 11) is 1.54. The Balaban J connectivity index is 1.85. The maximum Gasteiger partial charge on any atom is 0.335 e. The molecule has 0 aliphatic carbocycles. The van der Waals surface area contributed by atoms with E-state index in [4.69, 9.17) is 14.3 Å². The van der Waals surface area contributed by atoms with Gasteiger partial charge in [0.1, 0.15) is 11.4 Å². The quantitative estimate of drug-likeness (QED) is 0.433. The number of anilines is 1. The standard InChI is InChI=1S/C22H17BrN2O6/c1-30-16-8-2-13(3-9-16)12-17(25-21(27)18-10-11-19(23)31-18)20(26)24-15-6-4-14(5-7-15)22(28)29/h2-12H,1H3,(H,24,26)(H,25,27)(H,28,29)/b17-12+. The number of halogens is 1. The fraction of sp³-hybridized carbons (Fsp3) is 0.0455. The van der Waals surface area contributed by atoms with Crippen molar-refractivity contribution >= 4 is 45.5 Å². The van der Waals surface area contributed by atoms with Gasteiger partial charge in [0.25, 0.3) is 11.8 Å². The molecule has 0 saturated heterocycles. The minimum Gasteiger partial charge on any atom is -0.497 e. The highest BCUT2D eigenvalue weighted by molar-refractivity contribution is 9.10. The van der Waals surface area contributed by atoms with E-state index in [1.165, 1.54) is 36.4 Å². The van der Waals surface area contributed by atoms with Crippen molar-refractivity contribution in [1.82, 2.24) is 5.32 Å². The summed E-state index contributed by atoms with van der Waals surface area (Å²) in [6, 6.07) is 15.6. The van der Waals surface area contributed by atoms with Gasteiger partial charge in [0.15, 0.2) is 10.4 Å². The molecule has 0 spiro atoms. The van der Waals surface area contributed by atoms with Crippen molar-refractivity contribution < 1.29 is 28.6 Å². The Hall–Kier alpha value is -3.85. The molecule has 3 aromatic rings. The first-order chi connectivity index (χ1) is 14.9. The third kappa shape index (κ3) is 5.83. The second-order valence-corrected chi connectivity index (χ2v) is 7.01. The minimum absolute atomic E-state index is 0.0196. The molecule has 0 radical (unpaired) electrons. The lowest BCUT2D eigenvalue weighted by molar-refractivity contribution is -0.113. The number of hydrogen-bond acceptors (Lipinski definition) is 5. The van der Waals surface area contributed by atoms with E-state index in [2.05, 4.69) is 26.6 Å². The maximum absolute atomic E-state index is 12.9. The predicted octanol–water partition coefficient (Wildman–Crippen LogP) is 4.16. The third-order valence-electron chi connectivity index (χ3n) is 4.11. The van der Waals surface area contributed by atoms with Gasteiger partial charge in [-0.2, -0.15) is 0 Å². The summed E-state index contributed by atoms with van der Waals surface area (Å²) in [5, 5.41) is 14.2. The number of amides is 2. The van der Waals surface area contributed by atoms with Crippen LogP contribution >= 0.6 is 15.9 Å². The number of hydrogen-bond donors (Lipinski definition) is 3. The van der Waals surface area contributed by atoms with E-state index >= 15 is 0 Å². The van der Waals surface area contributed by atoms with Gasteiger partial charge in [0, 0.05) is 5.69 Å². The van der Waals surface area contributed by atoms with Crippen LogP contribution in [0.4, 0.5) is 5.69 Å². The minimum atomic E-state index is -1.07. The first kappa shape index (κ1) is 21.8. The van der Waals surface area contributed by atoms with Crippen molar-refractivity contribution in [2.75, 3.05) is 12.4 Å². The van der Waals surface area contributed by atoms with Gasteiger partial charge in [-0.25, -0.2) is 4.79 Å². The second-order valence-electron chi connectivity index (χ2n) is 6.23. The van der Waals surface area contributed by atoms with Gasteiger partial charge in [0.05, 0.1) is 12.7 Å². The van der Waals surface area contributed by atoms with Crippen molar-refractivity contribution in [3.05, 3.63) is 87.9 Å². The molecule has 1 heterocycles. The van der Waals surface area contributed by atoms with Gasteiger partial charge in [0.2, 0.25) is 0 Å². The number of ether oxygens (including phenoxy) is 1. The van der Waals surface area contributed by atoms with Crippen LogP contribution in [0.2, 0.25) is 0 Å². The maximum atomic E-state index is 12.9. The monoisotopic (exact) mass is 484 g/mol. The van der Waals surface area contributed by atoms with Crippen LogP contribution in [-0.2, 0) is 4.79 Å². The summed E-state index contributed by atoms with van der Waals surface area (Å²) in [6.45, 7) is 0. The molecular weight excluding hydrogens is 468 g/mol.